The molecule has 2 heterocycles. The zero-order valence-electron chi connectivity index (χ0n) is 15.8. The number of nitro groups is 1. The number of fused-ring (bicyclic) bond motifs is 1. The molecule has 1 amide bonds. The minimum atomic E-state index is -4.72. The van der Waals surface area contributed by atoms with Gasteiger partial charge in [0.2, 0.25) is 5.91 Å². The van der Waals surface area contributed by atoms with Gasteiger partial charge in [0.25, 0.3) is 11.5 Å². The lowest BCUT2D eigenvalue weighted by molar-refractivity contribution is -0.384. The Balaban J connectivity index is 1.67. The summed E-state index contributed by atoms with van der Waals surface area (Å²) in [5, 5.41) is 15.1. The van der Waals surface area contributed by atoms with Crippen LogP contribution >= 0.6 is 0 Å². The molecule has 13 heteroatoms. The van der Waals surface area contributed by atoms with E-state index in [4.69, 9.17) is 0 Å². The molecule has 30 heavy (non-hydrogen) atoms. The Bertz CT molecular complexity index is 1130. The molecule has 0 fully saturated rings. The molecule has 0 spiro atoms. The molecule has 0 saturated carbocycles. The van der Waals surface area contributed by atoms with Crippen molar-refractivity contribution in [1.29, 1.82) is 0 Å². The highest BCUT2D eigenvalue weighted by molar-refractivity contribution is 5.78. The van der Waals surface area contributed by atoms with E-state index >= 15 is 0 Å². The van der Waals surface area contributed by atoms with Crippen LogP contribution in [0.4, 0.5) is 24.5 Å². The first kappa shape index (κ1) is 21.0. The van der Waals surface area contributed by atoms with Gasteiger partial charge in [0.05, 0.1) is 10.5 Å². The van der Waals surface area contributed by atoms with E-state index in [1.165, 1.54) is 6.33 Å². The summed E-state index contributed by atoms with van der Waals surface area (Å²) in [7, 11) is 0. The lowest BCUT2D eigenvalue weighted by Gasteiger charge is -2.12. The Morgan fingerprint density at radius 2 is 2.03 bits per heavy atom. The maximum atomic E-state index is 12.8. The van der Waals surface area contributed by atoms with E-state index in [1.807, 2.05) is 6.92 Å². The highest BCUT2D eigenvalue weighted by Crippen LogP contribution is 2.34. The normalized spacial score (nSPS) is 11.5. The van der Waals surface area contributed by atoms with Crippen molar-refractivity contribution in [3.63, 3.8) is 0 Å². The van der Waals surface area contributed by atoms with Crippen molar-refractivity contribution in [2.24, 2.45) is 0 Å². The summed E-state index contributed by atoms with van der Waals surface area (Å²) in [5.41, 5.74) is 4.60. The molecule has 0 unspecified atom stereocenters. The number of carbonyl (C=O) groups excluding carboxylic acids is 1. The number of nitrogens with zero attached hydrogens (tertiary/aromatic N) is 5. The molecule has 1 aromatic carbocycles. The fourth-order valence-corrected chi connectivity index (χ4v) is 2.92. The van der Waals surface area contributed by atoms with Gasteiger partial charge in [-0.15, -0.1) is 0 Å². The molecule has 3 aromatic rings. The average molecular weight is 423 g/mol. The van der Waals surface area contributed by atoms with Crippen LogP contribution in [0.3, 0.4) is 0 Å². The molecule has 0 atom stereocenters. The lowest BCUT2D eigenvalue weighted by Crippen LogP contribution is -2.30. The van der Waals surface area contributed by atoms with Gasteiger partial charge in [-0.05, 0) is 38.0 Å². The van der Waals surface area contributed by atoms with Crippen molar-refractivity contribution in [2.45, 2.75) is 32.9 Å². The third kappa shape index (κ3) is 4.29. The largest absolute Gasteiger partial charge is 0.416 e. The van der Waals surface area contributed by atoms with E-state index < -0.39 is 28.3 Å². The van der Waals surface area contributed by atoms with Crippen LogP contribution in [-0.2, 0) is 17.4 Å². The molecular weight excluding hydrogens is 407 g/mol. The molecule has 2 aromatic heterocycles. The van der Waals surface area contributed by atoms with Crippen LogP contribution in [0.25, 0.3) is 5.78 Å². The van der Waals surface area contributed by atoms with Crippen molar-refractivity contribution >= 4 is 23.1 Å². The molecule has 0 saturated heterocycles. The Morgan fingerprint density at radius 3 is 2.70 bits per heavy atom. The summed E-state index contributed by atoms with van der Waals surface area (Å²) in [6.07, 6.45) is -3.04. The van der Waals surface area contributed by atoms with Gasteiger partial charge in [0.1, 0.15) is 12.0 Å². The molecule has 3 rings (SSSR count). The second-order valence-corrected chi connectivity index (χ2v) is 6.39. The van der Waals surface area contributed by atoms with Crippen LogP contribution in [-0.4, -0.2) is 30.4 Å². The Hall–Kier alpha value is -3.77. The first-order valence-electron chi connectivity index (χ1n) is 8.64. The predicted molar refractivity (Wildman–Crippen MR) is 98.4 cm³/mol. The summed E-state index contributed by atoms with van der Waals surface area (Å²) in [6.45, 7) is 3.59. The van der Waals surface area contributed by atoms with Gasteiger partial charge in [-0.25, -0.2) is 9.50 Å². The predicted octanol–water partition coefficient (Wildman–Crippen LogP) is 2.74. The van der Waals surface area contributed by atoms with Crippen molar-refractivity contribution in [1.82, 2.24) is 25.0 Å². The van der Waals surface area contributed by atoms with Crippen LogP contribution in [0.1, 0.15) is 28.9 Å². The minimum Gasteiger partial charge on any atom is -0.292 e. The average Bonchev–Trinajstić information content (AvgIpc) is 3.13. The SMILES string of the molecule is Cc1nc2ncnn2c(C)c1CCC(=O)NNc1ccc(C(F)(F)F)cc1[N+](=O)[O-]. The Morgan fingerprint density at radius 1 is 1.30 bits per heavy atom. The molecule has 2 N–H and O–H groups in total. The standard InChI is InChI=1S/C17H16F3N7O3/c1-9-12(10(2)26-16(23-9)21-8-22-26)4-6-15(28)25-24-13-5-3-11(17(18,19)20)7-14(13)27(29)30/h3,5,7-8,24H,4,6H2,1-2H3,(H,25,28). The number of hydrogen-bond acceptors (Lipinski definition) is 7. The van der Waals surface area contributed by atoms with E-state index in [1.54, 1.807) is 11.4 Å². The van der Waals surface area contributed by atoms with Gasteiger partial charge in [-0.1, -0.05) is 0 Å². The second-order valence-electron chi connectivity index (χ2n) is 6.39. The number of nitro benzene ring substituents is 1. The molecule has 0 aliphatic carbocycles. The maximum Gasteiger partial charge on any atom is 0.416 e. The topological polar surface area (TPSA) is 127 Å². The fraction of sp³-hybridized carbons (Fsp3) is 0.294. The van der Waals surface area contributed by atoms with E-state index in [2.05, 4.69) is 25.9 Å². The zero-order valence-corrected chi connectivity index (χ0v) is 15.8. The first-order valence-corrected chi connectivity index (χ1v) is 8.64. The third-order valence-electron chi connectivity index (χ3n) is 4.45. The Kier molecular flexibility index (Phi) is 5.54. The number of nitrogens with one attached hydrogen (secondary N) is 2. The maximum absolute atomic E-state index is 12.8. The quantitative estimate of drug-likeness (QED) is 0.461. The molecule has 10 nitrogen and oxygen atoms in total. The second kappa shape index (κ2) is 7.93. The summed E-state index contributed by atoms with van der Waals surface area (Å²) in [5.74, 6) is -0.0730. The van der Waals surface area contributed by atoms with Gasteiger partial charge in [-0.3, -0.25) is 25.8 Å². The fourth-order valence-electron chi connectivity index (χ4n) is 2.92. The summed E-state index contributed by atoms with van der Waals surface area (Å²) in [4.78, 5) is 30.6. The number of alkyl halides is 3. The molecule has 158 valence electrons. The van der Waals surface area contributed by atoms with Gasteiger partial charge >= 0.3 is 6.18 Å². The van der Waals surface area contributed by atoms with Crippen LogP contribution in [0, 0.1) is 24.0 Å². The first-order chi connectivity index (χ1) is 14.1. The minimum absolute atomic E-state index is 0.00496. The highest BCUT2D eigenvalue weighted by atomic mass is 19.4. The van der Waals surface area contributed by atoms with E-state index in [9.17, 15) is 28.1 Å². The number of amides is 1. The zero-order chi connectivity index (χ0) is 22.1. The smallest absolute Gasteiger partial charge is 0.292 e. The summed E-state index contributed by atoms with van der Waals surface area (Å²) >= 11 is 0. The molecule has 0 bridgehead atoms. The monoisotopic (exact) mass is 423 g/mol. The van der Waals surface area contributed by atoms with Crippen LogP contribution in [0.2, 0.25) is 0 Å². The highest BCUT2D eigenvalue weighted by Gasteiger charge is 2.33. The van der Waals surface area contributed by atoms with Gasteiger partial charge in [-0.2, -0.15) is 23.3 Å². The number of hydrogen-bond donors (Lipinski definition) is 2. The summed E-state index contributed by atoms with van der Waals surface area (Å²) in [6, 6.07) is 1.98. The van der Waals surface area contributed by atoms with E-state index in [0.29, 0.717) is 30.0 Å². The number of hydrazine groups is 1. The summed E-state index contributed by atoms with van der Waals surface area (Å²) < 4.78 is 39.8. The number of anilines is 1. The van der Waals surface area contributed by atoms with Crippen LogP contribution < -0.4 is 10.9 Å². The number of aromatic nitrogens is 4. The van der Waals surface area contributed by atoms with E-state index in [-0.39, 0.29) is 12.1 Å². The third-order valence-corrected chi connectivity index (χ3v) is 4.45. The van der Waals surface area contributed by atoms with Crippen molar-refractivity contribution in [3.05, 3.63) is 57.2 Å². The van der Waals surface area contributed by atoms with Gasteiger partial charge < -0.3 is 0 Å². The van der Waals surface area contributed by atoms with Crippen molar-refractivity contribution in [2.75, 3.05) is 5.43 Å². The number of carbonyl (C=O) groups is 1. The van der Waals surface area contributed by atoms with Crippen LogP contribution in [0.5, 0.6) is 0 Å². The molecule has 0 aliphatic heterocycles. The molecule has 0 aliphatic rings. The van der Waals surface area contributed by atoms with E-state index in [0.717, 1.165) is 17.3 Å². The van der Waals surface area contributed by atoms with Crippen molar-refractivity contribution in [3.8, 4) is 0 Å². The number of benzene rings is 1. The molecular formula is C17H16F3N7O3. The van der Waals surface area contributed by atoms with Crippen molar-refractivity contribution < 1.29 is 22.9 Å². The lowest BCUT2D eigenvalue weighted by atomic mass is 10.1. The Labute approximate surface area is 167 Å². The molecule has 0 radical (unpaired) electrons. The van der Waals surface area contributed by atoms with Gasteiger partial charge in [0.15, 0.2) is 0 Å². The number of aryl methyl sites for hydroxylation is 2. The number of rotatable bonds is 6. The number of halogens is 3. The van der Waals surface area contributed by atoms with Gasteiger partial charge in [0, 0.05) is 23.9 Å². The van der Waals surface area contributed by atoms with Crippen LogP contribution in [0.15, 0.2) is 24.5 Å².